The standard InChI is InChI=1S/C25H20FN3O/c26-21-10-12-22(13-11-21)27-18-28-24-9-5-4-8-23(24)20-14-15-29(25(30)16-20)17-19-6-2-1-3-7-19/h1-13,16H,14-15,17H2. The third-order valence-electron chi connectivity index (χ3n) is 4.90. The first kappa shape index (κ1) is 19.5. The molecule has 1 aliphatic rings. The minimum absolute atomic E-state index is 0.00105. The van der Waals surface area contributed by atoms with Gasteiger partial charge in [0.2, 0.25) is 5.91 Å². The molecule has 0 saturated heterocycles. The van der Waals surface area contributed by atoms with Crippen LogP contribution in [0.1, 0.15) is 17.5 Å². The Morgan fingerprint density at radius 2 is 1.63 bits per heavy atom. The van der Waals surface area contributed by atoms with Crippen molar-refractivity contribution in [2.45, 2.75) is 13.0 Å². The molecule has 1 amide bonds. The van der Waals surface area contributed by atoms with E-state index in [2.05, 4.69) is 16.0 Å². The van der Waals surface area contributed by atoms with Gasteiger partial charge in [0.15, 0.2) is 0 Å². The van der Waals surface area contributed by atoms with E-state index >= 15 is 0 Å². The monoisotopic (exact) mass is 397 g/mol. The van der Waals surface area contributed by atoms with E-state index in [0.717, 1.165) is 23.1 Å². The fourth-order valence-corrected chi connectivity index (χ4v) is 3.35. The molecular weight excluding hydrogens is 377 g/mol. The zero-order valence-corrected chi connectivity index (χ0v) is 16.3. The Morgan fingerprint density at radius 3 is 2.40 bits per heavy atom. The van der Waals surface area contributed by atoms with Gasteiger partial charge in [-0.05, 0) is 47.9 Å². The lowest BCUT2D eigenvalue weighted by Crippen LogP contribution is -2.33. The summed E-state index contributed by atoms with van der Waals surface area (Å²) in [4.78, 5) is 23.0. The Balaban J connectivity index is 1.53. The number of para-hydroxylation sites is 1. The predicted molar refractivity (Wildman–Crippen MR) is 116 cm³/mol. The summed E-state index contributed by atoms with van der Waals surface area (Å²) < 4.78 is 13.0. The highest BCUT2D eigenvalue weighted by Gasteiger charge is 2.20. The third kappa shape index (κ3) is 4.77. The summed E-state index contributed by atoms with van der Waals surface area (Å²) in [5, 5.41) is 0. The fraction of sp³-hybridized carbons (Fsp3) is 0.120. The number of benzene rings is 3. The number of carbonyl (C=O) groups excluding carboxylic acids is 1. The van der Waals surface area contributed by atoms with Gasteiger partial charge in [-0.2, -0.15) is 9.98 Å². The number of halogens is 1. The second kappa shape index (κ2) is 9.12. The van der Waals surface area contributed by atoms with Gasteiger partial charge in [-0.3, -0.25) is 4.79 Å². The minimum atomic E-state index is -0.313. The largest absolute Gasteiger partial charge is 0.334 e. The number of rotatable bonds is 5. The van der Waals surface area contributed by atoms with E-state index in [1.807, 2.05) is 59.5 Å². The van der Waals surface area contributed by atoms with E-state index in [4.69, 9.17) is 0 Å². The maximum atomic E-state index is 13.0. The highest BCUT2D eigenvalue weighted by Crippen LogP contribution is 2.31. The second-order valence-corrected chi connectivity index (χ2v) is 6.98. The number of hydrogen-bond acceptors (Lipinski definition) is 3. The smallest absolute Gasteiger partial charge is 0.247 e. The molecule has 1 heterocycles. The third-order valence-corrected chi connectivity index (χ3v) is 4.90. The fourth-order valence-electron chi connectivity index (χ4n) is 3.35. The molecule has 0 aliphatic carbocycles. The van der Waals surface area contributed by atoms with Crippen molar-refractivity contribution >= 4 is 28.9 Å². The number of nitrogens with zero attached hydrogens (tertiary/aromatic N) is 3. The zero-order chi connectivity index (χ0) is 20.8. The van der Waals surface area contributed by atoms with E-state index in [1.165, 1.54) is 12.1 Å². The SMILES string of the molecule is O=C1C=C(c2ccccc2N=C=Nc2ccc(F)cc2)CCN1Cc1ccccc1. The Bertz CT molecular complexity index is 1130. The molecule has 0 atom stereocenters. The zero-order valence-electron chi connectivity index (χ0n) is 16.3. The van der Waals surface area contributed by atoms with Crippen molar-refractivity contribution in [2.75, 3.05) is 6.54 Å². The molecule has 0 bridgehead atoms. The molecule has 3 aromatic carbocycles. The summed E-state index contributed by atoms with van der Waals surface area (Å²) >= 11 is 0. The molecule has 0 radical (unpaired) electrons. The molecule has 0 unspecified atom stereocenters. The molecule has 3 aromatic rings. The van der Waals surface area contributed by atoms with Crippen LogP contribution in [0.3, 0.4) is 0 Å². The first-order chi connectivity index (χ1) is 14.7. The van der Waals surface area contributed by atoms with Gasteiger partial charge in [-0.15, -0.1) is 0 Å². The summed E-state index contributed by atoms with van der Waals surface area (Å²) in [7, 11) is 0. The Labute approximate surface area is 174 Å². The average molecular weight is 397 g/mol. The summed E-state index contributed by atoms with van der Waals surface area (Å²) in [6, 6.07) is 26.1. The van der Waals surface area contributed by atoms with Crippen LogP contribution >= 0.6 is 0 Å². The van der Waals surface area contributed by atoms with Crippen LogP contribution in [0.25, 0.3) is 5.57 Å². The Kier molecular flexibility index (Phi) is 5.93. The molecule has 0 fully saturated rings. The molecule has 0 saturated carbocycles. The van der Waals surface area contributed by atoms with E-state index in [-0.39, 0.29) is 11.7 Å². The highest BCUT2D eigenvalue weighted by molar-refractivity contribution is 5.98. The van der Waals surface area contributed by atoms with Gasteiger partial charge in [0, 0.05) is 24.7 Å². The molecule has 4 rings (SSSR count). The van der Waals surface area contributed by atoms with Crippen LogP contribution < -0.4 is 0 Å². The van der Waals surface area contributed by atoms with Crippen LogP contribution in [0.2, 0.25) is 0 Å². The molecule has 0 spiro atoms. The van der Waals surface area contributed by atoms with Gasteiger partial charge in [0.25, 0.3) is 0 Å². The van der Waals surface area contributed by atoms with Crippen LogP contribution in [-0.4, -0.2) is 23.4 Å². The normalized spacial score (nSPS) is 13.4. The van der Waals surface area contributed by atoms with Crippen molar-refractivity contribution in [3.8, 4) is 0 Å². The molecule has 5 heteroatoms. The second-order valence-electron chi connectivity index (χ2n) is 6.98. The molecule has 30 heavy (non-hydrogen) atoms. The predicted octanol–water partition coefficient (Wildman–Crippen LogP) is 5.78. The quantitative estimate of drug-likeness (QED) is 0.504. The van der Waals surface area contributed by atoms with Crippen molar-refractivity contribution in [1.82, 2.24) is 4.90 Å². The summed E-state index contributed by atoms with van der Waals surface area (Å²) in [5.41, 5.74) is 4.23. The van der Waals surface area contributed by atoms with Crippen molar-refractivity contribution in [3.05, 3.63) is 102 Å². The van der Waals surface area contributed by atoms with Crippen molar-refractivity contribution in [1.29, 1.82) is 0 Å². The van der Waals surface area contributed by atoms with Gasteiger partial charge in [-0.1, -0.05) is 48.5 Å². The Morgan fingerprint density at radius 1 is 0.900 bits per heavy atom. The van der Waals surface area contributed by atoms with Crippen molar-refractivity contribution in [3.63, 3.8) is 0 Å². The number of amides is 1. The van der Waals surface area contributed by atoms with E-state index in [9.17, 15) is 9.18 Å². The van der Waals surface area contributed by atoms with Gasteiger partial charge in [-0.25, -0.2) is 4.39 Å². The number of hydrogen-bond donors (Lipinski definition) is 0. The van der Waals surface area contributed by atoms with Crippen LogP contribution in [0.15, 0.2) is 94.9 Å². The summed E-state index contributed by atoms with van der Waals surface area (Å²) in [6.07, 6.45) is 2.44. The van der Waals surface area contributed by atoms with Crippen molar-refractivity contribution in [2.24, 2.45) is 9.98 Å². The van der Waals surface area contributed by atoms with Crippen molar-refractivity contribution < 1.29 is 9.18 Å². The molecule has 0 N–H and O–H groups in total. The van der Waals surface area contributed by atoms with E-state index in [0.29, 0.717) is 24.5 Å². The van der Waals surface area contributed by atoms with Crippen LogP contribution in [0, 0.1) is 5.82 Å². The molecule has 4 nitrogen and oxygen atoms in total. The van der Waals surface area contributed by atoms with Gasteiger partial charge < -0.3 is 4.90 Å². The summed E-state index contributed by atoms with van der Waals surface area (Å²) in [6.45, 7) is 1.26. The first-order valence-corrected chi connectivity index (χ1v) is 9.74. The topological polar surface area (TPSA) is 45.0 Å². The Hall–Kier alpha value is -3.82. The lowest BCUT2D eigenvalue weighted by molar-refractivity contribution is -0.126. The average Bonchev–Trinajstić information content (AvgIpc) is 2.78. The molecule has 0 aromatic heterocycles. The van der Waals surface area contributed by atoms with Gasteiger partial charge in [0.1, 0.15) is 11.8 Å². The molecular formula is C25H20FN3O. The van der Waals surface area contributed by atoms with E-state index < -0.39 is 0 Å². The van der Waals surface area contributed by atoms with Crippen LogP contribution in [0.5, 0.6) is 0 Å². The molecule has 148 valence electrons. The van der Waals surface area contributed by atoms with Gasteiger partial charge in [0.05, 0.1) is 11.4 Å². The molecule has 1 aliphatic heterocycles. The first-order valence-electron chi connectivity index (χ1n) is 9.74. The maximum absolute atomic E-state index is 13.0. The highest BCUT2D eigenvalue weighted by atomic mass is 19.1. The minimum Gasteiger partial charge on any atom is -0.334 e. The van der Waals surface area contributed by atoms with Crippen LogP contribution in [-0.2, 0) is 11.3 Å². The van der Waals surface area contributed by atoms with Crippen LogP contribution in [0.4, 0.5) is 15.8 Å². The van der Waals surface area contributed by atoms with Gasteiger partial charge >= 0.3 is 0 Å². The number of aliphatic imine (C=N–C) groups is 2. The van der Waals surface area contributed by atoms with E-state index in [1.54, 1.807) is 18.2 Å². The lowest BCUT2D eigenvalue weighted by Gasteiger charge is -2.27. The number of carbonyl (C=O) groups is 1. The lowest BCUT2D eigenvalue weighted by atomic mass is 9.97. The summed E-state index contributed by atoms with van der Waals surface area (Å²) in [5.74, 6) is -0.315. The maximum Gasteiger partial charge on any atom is 0.247 e.